The average molecular weight is 355 g/mol. The van der Waals surface area contributed by atoms with Gasteiger partial charge in [0, 0.05) is 18.2 Å². The fraction of sp³-hybridized carbons (Fsp3) is 0.474. The maximum Gasteiger partial charge on any atom is 0.267 e. The number of nitrogens with one attached hydrogen (secondary N) is 1. The molecule has 136 valence electrons. The number of aromatic amines is 1. The van der Waals surface area contributed by atoms with Gasteiger partial charge in [-0.15, -0.1) is 0 Å². The molecule has 26 heavy (non-hydrogen) atoms. The Bertz CT molecular complexity index is 994. The fourth-order valence-electron chi connectivity index (χ4n) is 4.28. The van der Waals surface area contributed by atoms with Gasteiger partial charge < -0.3 is 10.6 Å². The van der Waals surface area contributed by atoms with E-state index in [4.69, 9.17) is 5.73 Å². The number of piperidine rings is 1. The third-order valence-corrected chi connectivity index (χ3v) is 5.81. The number of primary amides is 1. The lowest BCUT2D eigenvalue weighted by Gasteiger charge is -2.31. The first-order chi connectivity index (χ1) is 12.6. The first kappa shape index (κ1) is 15.8. The minimum absolute atomic E-state index is 0.239. The Labute approximate surface area is 150 Å². The van der Waals surface area contributed by atoms with Gasteiger partial charge in [0.2, 0.25) is 0 Å². The Hall–Kier alpha value is -2.41. The number of rotatable bonds is 4. The zero-order valence-corrected chi connectivity index (χ0v) is 14.5. The number of fused-ring (bicyclic) bond motifs is 3. The number of H-pyrrole nitrogens is 1. The second kappa shape index (κ2) is 5.81. The number of amides is 1. The number of nitrogens with two attached hydrogens (primary N) is 1. The molecule has 0 unspecified atom stereocenters. The zero-order chi connectivity index (χ0) is 17.8. The summed E-state index contributed by atoms with van der Waals surface area (Å²) in [5, 5.41) is 3.10. The van der Waals surface area contributed by atoms with E-state index in [9.17, 15) is 9.18 Å². The summed E-state index contributed by atoms with van der Waals surface area (Å²) in [6.45, 7) is 3.27. The normalized spacial score (nSPS) is 19.6. The highest BCUT2D eigenvalue weighted by molar-refractivity contribution is 5.96. The van der Waals surface area contributed by atoms with E-state index in [2.05, 4.69) is 15.0 Å². The largest absolute Gasteiger partial charge is 0.364 e. The predicted molar refractivity (Wildman–Crippen MR) is 96.7 cm³/mol. The van der Waals surface area contributed by atoms with Gasteiger partial charge >= 0.3 is 0 Å². The second-order valence-corrected chi connectivity index (χ2v) is 7.69. The smallest absolute Gasteiger partial charge is 0.267 e. The van der Waals surface area contributed by atoms with Crippen molar-refractivity contribution in [1.29, 1.82) is 0 Å². The first-order valence-corrected chi connectivity index (χ1v) is 9.32. The minimum Gasteiger partial charge on any atom is -0.364 e. The average Bonchev–Trinajstić information content (AvgIpc) is 3.24. The molecule has 1 amide bonds. The fourth-order valence-corrected chi connectivity index (χ4v) is 4.28. The molecule has 1 saturated heterocycles. The molecule has 3 N–H and O–H groups in total. The van der Waals surface area contributed by atoms with E-state index in [1.54, 1.807) is 10.6 Å². The number of likely N-dealkylation sites (tertiary alicyclic amines) is 1. The molecule has 2 fully saturated rings. The standard InChI is InChI=1S/C19H22FN5O/c20-13-3-4-15-14(9-13)22-19-16(17(18(21)26)23-25(15)19)12-5-7-24(8-6-12)10-11-1-2-11/h3-4,9,11-12,23H,1-2,5-8,10H2,(H2,21,26). The number of halogens is 1. The van der Waals surface area contributed by atoms with Gasteiger partial charge in [-0.25, -0.2) is 13.9 Å². The number of carbonyl (C=O) groups is 1. The number of aromatic nitrogens is 3. The van der Waals surface area contributed by atoms with Crippen molar-refractivity contribution in [1.82, 2.24) is 19.5 Å². The maximum absolute atomic E-state index is 13.5. The summed E-state index contributed by atoms with van der Waals surface area (Å²) in [6.07, 6.45) is 4.69. The summed E-state index contributed by atoms with van der Waals surface area (Å²) >= 11 is 0. The molecule has 7 heteroatoms. The summed E-state index contributed by atoms with van der Waals surface area (Å²) < 4.78 is 15.3. The molecule has 6 nitrogen and oxygen atoms in total. The highest BCUT2D eigenvalue weighted by Crippen LogP contribution is 2.36. The van der Waals surface area contributed by atoms with Crippen molar-refractivity contribution in [3.63, 3.8) is 0 Å². The minimum atomic E-state index is -0.471. The van der Waals surface area contributed by atoms with Crippen molar-refractivity contribution < 1.29 is 9.18 Å². The van der Waals surface area contributed by atoms with Gasteiger partial charge in [0.15, 0.2) is 5.65 Å². The first-order valence-electron chi connectivity index (χ1n) is 9.32. The van der Waals surface area contributed by atoms with Gasteiger partial charge in [-0.3, -0.25) is 9.89 Å². The zero-order valence-electron chi connectivity index (χ0n) is 14.5. The van der Waals surface area contributed by atoms with Crippen molar-refractivity contribution in [2.24, 2.45) is 11.7 Å². The number of nitrogens with zero attached hydrogens (tertiary/aromatic N) is 3. The Morgan fingerprint density at radius 1 is 1.27 bits per heavy atom. The van der Waals surface area contributed by atoms with Gasteiger partial charge in [-0.1, -0.05) is 0 Å². The van der Waals surface area contributed by atoms with Gasteiger partial charge in [0.25, 0.3) is 5.91 Å². The molecule has 3 heterocycles. The van der Waals surface area contributed by atoms with E-state index in [-0.39, 0.29) is 11.7 Å². The molecular weight excluding hydrogens is 333 g/mol. The van der Waals surface area contributed by atoms with Crippen LogP contribution in [0.3, 0.4) is 0 Å². The highest BCUT2D eigenvalue weighted by atomic mass is 19.1. The molecular formula is C19H22FN5O. The van der Waals surface area contributed by atoms with Crippen molar-refractivity contribution in [3.8, 4) is 0 Å². The lowest BCUT2D eigenvalue weighted by molar-refractivity contribution is 0.0993. The maximum atomic E-state index is 13.5. The van der Waals surface area contributed by atoms with Crippen molar-refractivity contribution >= 4 is 22.6 Å². The van der Waals surface area contributed by atoms with Crippen LogP contribution in [0.5, 0.6) is 0 Å². The Kier molecular flexibility index (Phi) is 3.53. The van der Waals surface area contributed by atoms with Crippen LogP contribution in [0.25, 0.3) is 16.7 Å². The second-order valence-electron chi connectivity index (χ2n) is 7.69. The molecule has 0 atom stereocenters. The van der Waals surface area contributed by atoms with E-state index < -0.39 is 5.91 Å². The third-order valence-electron chi connectivity index (χ3n) is 5.81. The molecule has 5 rings (SSSR count). The third kappa shape index (κ3) is 2.58. The number of hydrogen-bond acceptors (Lipinski definition) is 3. The molecule has 3 aromatic rings. The van der Waals surface area contributed by atoms with E-state index in [1.807, 2.05) is 0 Å². The summed E-state index contributed by atoms with van der Waals surface area (Å²) in [5.74, 6) is 0.340. The molecule has 0 bridgehead atoms. The van der Waals surface area contributed by atoms with Crippen molar-refractivity contribution in [2.45, 2.75) is 31.6 Å². The van der Waals surface area contributed by atoms with E-state index in [1.165, 1.54) is 31.5 Å². The Morgan fingerprint density at radius 3 is 2.73 bits per heavy atom. The summed E-state index contributed by atoms with van der Waals surface area (Å²) in [4.78, 5) is 19.1. The van der Waals surface area contributed by atoms with Crippen molar-refractivity contribution in [2.75, 3.05) is 19.6 Å². The summed E-state index contributed by atoms with van der Waals surface area (Å²) in [5.41, 5.74) is 8.98. The van der Waals surface area contributed by atoms with Crippen LogP contribution in [0.4, 0.5) is 4.39 Å². The van der Waals surface area contributed by atoms with Crippen LogP contribution in [0, 0.1) is 11.7 Å². The van der Waals surface area contributed by atoms with Crippen LogP contribution >= 0.6 is 0 Å². The van der Waals surface area contributed by atoms with Crippen LogP contribution < -0.4 is 5.73 Å². The van der Waals surface area contributed by atoms with Crippen LogP contribution in [-0.2, 0) is 0 Å². The number of benzene rings is 1. The van der Waals surface area contributed by atoms with Gasteiger partial charge in [-0.2, -0.15) is 0 Å². The van der Waals surface area contributed by atoms with Crippen LogP contribution in [0.15, 0.2) is 18.2 Å². The lowest BCUT2D eigenvalue weighted by atomic mass is 9.89. The van der Waals surface area contributed by atoms with Crippen LogP contribution in [-0.4, -0.2) is 45.0 Å². The SMILES string of the molecule is NC(=O)c1[nH]n2c(nc3cc(F)ccc32)c1C1CCN(CC2CC2)CC1. The highest BCUT2D eigenvalue weighted by Gasteiger charge is 2.31. The van der Waals surface area contributed by atoms with Crippen molar-refractivity contribution in [3.05, 3.63) is 35.3 Å². The predicted octanol–water partition coefficient (Wildman–Crippen LogP) is 2.64. The number of hydrogen-bond donors (Lipinski definition) is 2. The Morgan fingerprint density at radius 2 is 2.04 bits per heavy atom. The van der Waals surface area contributed by atoms with E-state index in [0.29, 0.717) is 16.9 Å². The van der Waals surface area contributed by atoms with Gasteiger partial charge in [0.05, 0.1) is 11.0 Å². The van der Waals surface area contributed by atoms with Gasteiger partial charge in [0.1, 0.15) is 11.5 Å². The summed E-state index contributed by atoms with van der Waals surface area (Å²) in [7, 11) is 0. The molecule has 2 aliphatic rings. The number of imidazole rings is 1. The molecule has 1 aromatic carbocycles. The Balaban J connectivity index is 1.53. The number of carbonyl (C=O) groups excluding carboxylic acids is 1. The monoisotopic (exact) mass is 355 g/mol. The van der Waals surface area contributed by atoms with Crippen LogP contribution in [0.2, 0.25) is 0 Å². The van der Waals surface area contributed by atoms with Crippen LogP contribution in [0.1, 0.15) is 47.7 Å². The molecule has 0 spiro atoms. The van der Waals surface area contributed by atoms with E-state index in [0.717, 1.165) is 42.9 Å². The topological polar surface area (TPSA) is 79.4 Å². The van der Waals surface area contributed by atoms with E-state index >= 15 is 0 Å². The summed E-state index contributed by atoms with van der Waals surface area (Å²) in [6, 6.07) is 4.49. The van der Waals surface area contributed by atoms with Gasteiger partial charge in [-0.05, 0) is 62.7 Å². The lowest BCUT2D eigenvalue weighted by Crippen LogP contribution is -2.34. The molecule has 0 radical (unpaired) electrons. The quantitative estimate of drug-likeness (QED) is 0.755. The molecule has 1 saturated carbocycles. The molecule has 1 aliphatic heterocycles. The molecule has 2 aromatic heterocycles. The molecule has 1 aliphatic carbocycles.